The van der Waals surface area contributed by atoms with Gasteiger partial charge < -0.3 is 11.5 Å². The molecule has 5 nitrogen and oxygen atoms in total. The van der Waals surface area contributed by atoms with Gasteiger partial charge in [0.05, 0.1) is 0 Å². The molecule has 0 unspecified atom stereocenters. The van der Waals surface area contributed by atoms with Gasteiger partial charge in [-0.3, -0.25) is 0 Å². The Hall–Kier alpha value is -0.750. The molecule has 0 radical (unpaired) electrons. The number of rotatable bonds is 3. The summed E-state index contributed by atoms with van der Waals surface area (Å²) >= 11 is 1.48. The number of aromatic nitrogens is 3. The molecule has 0 atom stereocenters. The summed E-state index contributed by atoms with van der Waals surface area (Å²) in [5, 5.41) is 6.99. The Morgan fingerprint density at radius 1 is 1.60 bits per heavy atom. The van der Waals surface area contributed by atoms with E-state index in [9.17, 15) is 0 Å². The third-order valence-corrected chi connectivity index (χ3v) is 1.71. The summed E-state index contributed by atoms with van der Waals surface area (Å²) in [6.07, 6.45) is 0. The van der Waals surface area contributed by atoms with Crippen LogP contribution in [0.5, 0.6) is 0 Å². The first kappa shape index (κ1) is 7.36. The smallest absolute Gasteiger partial charge is 0.216 e. The van der Waals surface area contributed by atoms with Gasteiger partial charge in [0.15, 0.2) is 0 Å². The van der Waals surface area contributed by atoms with E-state index in [1.807, 2.05) is 0 Å². The van der Waals surface area contributed by atoms with Gasteiger partial charge in [-0.25, -0.2) is 5.10 Å². The van der Waals surface area contributed by atoms with Crippen molar-refractivity contribution in [1.82, 2.24) is 15.2 Å². The SMILES string of the molecule is NCCSc1n[nH]c(N)n1. The van der Waals surface area contributed by atoms with Crippen LogP contribution in [-0.4, -0.2) is 27.5 Å². The number of nitrogens with one attached hydrogen (secondary N) is 1. The quantitative estimate of drug-likeness (QED) is 0.514. The second-order valence-corrected chi connectivity index (χ2v) is 2.70. The fraction of sp³-hybridized carbons (Fsp3) is 0.500. The van der Waals surface area contributed by atoms with Gasteiger partial charge >= 0.3 is 0 Å². The van der Waals surface area contributed by atoms with Gasteiger partial charge in [0.25, 0.3) is 0 Å². The number of anilines is 1. The van der Waals surface area contributed by atoms with E-state index in [0.717, 1.165) is 5.75 Å². The summed E-state index contributed by atoms with van der Waals surface area (Å²) in [5.41, 5.74) is 10.5. The fourth-order valence-electron chi connectivity index (χ4n) is 0.473. The summed E-state index contributed by atoms with van der Waals surface area (Å²) in [7, 11) is 0. The van der Waals surface area contributed by atoms with E-state index in [1.54, 1.807) is 0 Å². The first-order valence-corrected chi connectivity index (χ1v) is 3.82. The summed E-state index contributed by atoms with van der Waals surface area (Å²) < 4.78 is 0. The average Bonchev–Trinajstić information content (AvgIpc) is 2.31. The highest BCUT2D eigenvalue weighted by Crippen LogP contribution is 2.10. The topological polar surface area (TPSA) is 93.6 Å². The highest BCUT2D eigenvalue weighted by atomic mass is 32.2. The standard InChI is InChI=1S/C4H9N5S/c5-1-2-10-4-7-3(6)8-9-4/h1-2,5H2,(H3,6,7,8,9). The molecular weight excluding hydrogens is 150 g/mol. The second-order valence-electron chi connectivity index (χ2n) is 1.64. The van der Waals surface area contributed by atoms with Crippen molar-refractivity contribution in [1.29, 1.82) is 0 Å². The minimum Gasteiger partial charge on any atom is -0.368 e. The van der Waals surface area contributed by atoms with Gasteiger partial charge in [-0.15, -0.1) is 5.10 Å². The minimum atomic E-state index is 0.347. The van der Waals surface area contributed by atoms with Gasteiger partial charge in [-0.05, 0) is 0 Å². The minimum absolute atomic E-state index is 0.347. The maximum Gasteiger partial charge on any atom is 0.216 e. The monoisotopic (exact) mass is 159 g/mol. The molecule has 1 aromatic heterocycles. The van der Waals surface area contributed by atoms with Crippen molar-refractivity contribution in [2.45, 2.75) is 5.16 Å². The van der Waals surface area contributed by atoms with Crippen molar-refractivity contribution >= 4 is 17.7 Å². The predicted octanol–water partition coefficient (Wildman–Crippen LogP) is -0.562. The predicted molar refractivity (Wildman–Crippen MR) is 40.6 cm³/mol. The van der Waals surface area contributed by atoms with Crippen molar-refractivity contribution in [2.24, 2.45) is 5.73 Å². The number of hydrogen-bond acceptors (Lipinski definition) is 5. The molecule has 0 aliphatic carbocycles. The van der Waals surface area contributed by atoms with E-state index in [4.69, 9.17) is 11.5 Å². The third kappa shape index (κ3) is 1.89. The molecule has 0 aromatic carbocycles. The normalized spacial score (nSPS) is 10.1. The molecule has 10 heavy (non-hydrogen) atoms. The summed E-state index contributed by atoms with van der Waals surface area (Å²) in [5.74, 6) is 1.16. The Morgan fingerprint density at radius 3 is 2.90 bits per heavy atom. The molecule has 0 aliphatic heterocycles. The van der Waals surface area contributed by atoms with Crippen LogP contribution in [0.25, 0.3) is 0 Å². The Labute approximate surface area is 62.6 Å². The van der Waals surface area contributed by atoms with Gasteiger partial charge in [-0.1, -0.05) is 11.8 Å². The first-order valence-electron chi connectivity index (χ1n) is 2.83. The van der Waals surface area contributed by atoms with Crippen LogP contribution < -0.4 is 11.5 Å². The van der Waals surface area contributed by atoms with Crippen molar-refractivity contribution in [3.05, 3.63) is 0 Å². The molecule has 0 spiro atoms. The largest absolute Gasteiger partial charge is 0.368 e. The third-order valence-electron chi connectivity index (χ3n) is 0.831. The number of aromatic amines is 1. The zero-order valence-corrected chi connectivity index (χ0v) is 6.19. The Bertz CT molecular complexity index is 197. The zero-order valence-electron chi connectivity index (χ0n) is 5.37. The number of H-pyrrole nitrogens is 1. The summed E-state index contributed by atoms with van der Waals surface area (Å²) in [6, 6.07) is 0. The van der Waals surface area contributed by atoms with Crippen molar-refractivity contribution < 1.29 is 0 Å². The van der Waals surface area contributed by atoms with Crippen LogP contribution in [0.4, 0.5) is 5.95 Å². The second kappa shape index (κ2) is 3.43. The van der Waals surface area contributed by atoms with Crippen LogP contribution in [0.2, 0.25) is 0 Å². The maximum absolute atomic E-state index is 5.28. The summed E-state index contributed by atoms with van der Waals surface area (Å²) in [6.45, 7) is 0.624. The molecule has 0 fully saturated rings. The van der Waals surface area contributed by atoms with Crippen LogP contribution in [-0.2, 0) is 0 Å². The molecule has 0 aliphatic rings. The van der Waals surface area contributed by atoms with E-state index in [-0.39, 0.29) is 0 Å². The lowest BCUT2D eigenvalue weighted by Gasteiger charge is -1.88. The van der Waals surface area contributed by atoms with Crippen LogP contribution in [0.3, 0.4) is 0 Å². The van der Waals surface area contributed by atoms with Crippen LogP contribution in [0.1, 0.15) is 0 Å². The molecule has 0 saturated heterocycles. The number of nitrogens with two attached hydrogens (primary N) is 2. The highest BCUT2D eigenvalue weighted by Gasteiger charge is 1.97. The fourth-order valence-corrected chi connectivity index (χ4v) is 1.05. The van der Waals surface area contributed by atoms with Gasteiger partial charge in [0, 0.05) is 12.3 Å². The number of nitrogen functional groups attached to an aromatic ring is 1. The van der Waals surface area contributed by atoms with Crippen LogP contribution >= 0.6 is 11.8 Å². The maximum atomic E-state index is 5.28. The molecule has 1 rings (SSSR count). The van der Waals surface area contributed by atoms with E-state index in [1.165, 1.54) is 11.8 Å². The first-order chi connectivity index (χ1) is 4.83. The Kier molecular flexibility index (Phi) is 2.52. The average molecular weight is 159 g/mol. The van der Waals surface area contributed by atoms with Crippen LogP contribution in [0, 0.1) is 0 Å². The molecule has 0 saturated carbocycles. The van der Waals surface area contributed by atoms with Gasteiger partial charge in [0.1, 0.15) is 0 Å². The Balaban J connectivity index is 2.42. The number of hydrogen-bond donors (Lipinski definition) is 3. The summed E-state index contributed by atoms with van der Waals surface area (Å²) in [4.78, 5) is 3.87. The van der Waals surface area contributed by atoms with Crippen molar-refractivity contribution in [3.8, 4) is 0 Å². The van der Waals surface area contributed by atoms with Crippen molar-refractivity contribution in [3.63, 3.8) is 0 Å². The molecular formula is C4H9N5S. The molecule has 6 heteroatoms. The molecule has 5 N–H and O–H groups in total. The number of thioether (sulfide) groups is 1. The van der Waals surface area contributed by atoms with Gasteiger partial charge in [-0.2, -0.15) is 4.98 Å². The van der Waals surface area contributed by atoms with Gasteiger partial charge in [0.2, 0.25) is 11.1 Å². The van der Waals surface area contributed by atoms with Crippen molar-refractivity contribution in [2.75, 3.05) is 18.0 Å². The van der Waals surface area contributed by atoms with E-state index in [0.29, 0.717) is 17.6 Å². The van der Waals surface area contributed by atoms with Crippen LogP contribution in [0.15, 0.2) is 5.16 Å². The molecule has 56 valence electrons. The van der Waals surface area contributed by atoms with E-state index < -0.39 is 0 Å². The number of nitrogens with zero attached hydrogens (tertiary/aromatic N) is 2. The molecule has 0 amide bonds. The highest BCUT2D eigenvalue weighted by molar-refractivity contribution is 7.99. The lowest BCUT2D eigenvalue weighted by atomic mass is 10.8. The Morgan fingerprint density at radius 2 is 2.40 bits per heavy atom. The zero-order chi connectivity index (χ0) is 7.40. The molecule has 1 aromatic rings. The molecule has 0 bridgehead atoms. The molecule has 1 heterocycles. The lowest BCUT2D eigenvalue weighted by molar-refractivity contribution is 0.971. The van der Waals surface area contributed by atoms with E-state index in [2.05, 4.69) is 15.2 Å². The van der Waals surface area contributed by atoms with E-state index >= 15 is 0 Å². The lowest BCUT2D eigenvalue weighted by Crippen LogP contribution is -2.01.